The van der Waals surface area contributed by atoms with Gasteiger partial charge in [0.2, 0.25) is 0 Å². The molecule has 0 radical (unpaired) electrons. The molecular formula is C18H28N2O. The Hall–Kier alpha value is -1.48. The average molecular weight is 288 g/mol. The van der Waals surface area contributed by atoms with Gasteiger partial charge in [-0.1, -0.05) is 27.2 Å². The van der Waals surface area contributed by atoms with Gasteiger partial charge in [-0.2, -0.15) is 0 Å². The number of fused-ring (bicyclic) bond motifs is 3. The van der Waals surface area contributed by atoms with Crippen molar-refractivity contribution in [1.82, 2.24) is 10.3 Å². The van der Waals surface area contributed by atoms with Crippen molar-refractivity contribution in [3.05, 3.63) is 29.5 Å². The van der Waals surface area contributed by atoms with E-state index < -0.39 is 0 Å². The minimum absolute atomic E-state index is 0.612. The summed E-state index contributed by atoms with van der Waals surface area (Å²) in [4.78, 5) is 3.60. The van der Waals surface area contributed by atoms with Crippen LogP contribution in [0, 0.1) is 0 Å². The van der Waals surface area contributed by atoms with Crippen LogP contribution in [-0.2, 0) is 12.8 Å². The van der Waals surface area contributed by atoms with Crippen LogP contribution in [0.5, 0.6) is 5.75 Å². The molecule has 1 aliphatic rings. The molecule has 1 atom stereocenters. The Morgan fingerprint density at radius 1 is 1.29 bits per heavy atom. The first kappa shape index (κ1) is 15.9. The minimum Gasteiger partial charge on any atom is -0.497 e. The van der Waals surface area contributed by atoms with Crippen LogP contribution in [0.25, 0.3) is 10.9 Å². The number of ether oxygens (including phenoxy) is 1. The summed E-state index contributed by atoms with van der Waals surface area (Å²) in [6.45, 7) is 7.32. The summed E-state index contributed by atoms with van der Waals surface area (Å²) < 4.78 is 5.34. The van der Waals surface area contributed by atoms with Gasteiger partial charge in [-0.15, -0.1) is 0 Å². The molecular weight excluding hydrogens is 260 g/mol. The van der Waals surface area contributed by atoms with Crippen molar-refractivity contribution in [3.63, 3.8) is 0 Å². The molecule has 0 fully saturated rings. The Morgan fingerprint density at radius 2 is 2.10 bits per heavy atom. The molecule has 3 rings (SSSR count). The zero-order chi connectivity index (χ0) is 15.2. The van der Waals surface area contributed by atoms with E-state index >= 15 is 0 Å². The Morgan fingerprint density at radius 3 is 2.81 bits per heavy atom. The van der Waals surface area contributed by atoms with E-state index in [1.165, 1.54) is 35.0 Å². The molecule has 1 aliphatic heterocycles. The summed E-state index contributed by atoms with van der Waals surface area (Å²) in [6.07, 6.45) is 4.70. The molecule has 1 aromatic carbocycles. The van der Waals surface area contributed by atoms with Crippen LogP contribution in [0.2, 0.25) is 0 Å². The highest BCUT2D eigenvalue weighted by Gasteiger charge is 2.19. The Kier molecular flexibility index (Phi) is 5.68. The van der Waals surface area contributed by atoms with Crippen molar-refractivity contribution in [3.8, 4) is 5.75 Å². The molecule has 3 heteroatoms. The van der Waals surface area contributed by atoms with Gasteiger partial charge in [0, 0.05) is 29.1 Å². The van der Waals surface area contributed by atoms with E-state index in [-0.39, 0.29) is 0 Å². The van der Waals surface area contributed by atoms with Crippen LogP contribution < -0.4 is 10.1 Å². The zero-order valence-electron chi connectivity index (χ0n) is 13.8. The number of aromatic amines is 1. The third kappa shape index (κ3) is 3.41. The van der Waals surface area contributed by atoms with Gasteiger partial charge in [0.15, 0.2) is 0 Å². The number of aromatic nitrogens is 1. The average Bonchev–Trinajstić information content (AvgIpc) is 2.73. The quantitative estimate of drug-likeness (QED) is 0.893. The molecule has 3 nitrogen and oxygen atoms in total. The maximum Gasteiger partial charge on any atom is 0.119 e. The van der Waals surface area contributed by atoms with Crippen molar-refractivity contribution < 1.29 is 4.74 Å². The van der Waals surface area contributed by atoms with Gasteiger partial charge in [-0.3, -0.25) is 0 Å². The second-order valence-electron chi connectivity index (χ2n) is 5.39. The standard InChI is InChI=1S/C16H22N2O.C2H6/c1-3-4-11-9-16-13(7-8-17-11)14-10-12(19-2)5-6-15(14)18-16;1-2/h5-6,10-11,17-18H,3-4,7-9H2,1-2H3;1-2H3. The first-order chi connectivity index (χ1) is 10.3. The molecule has 0 aliphatic carbocycles. The van der Waals surface area contributed by atoms with Gasteiger partial charge in [0.05, 0.1) is 7.11 Å². The van der Waals surface area contributed by atoms with Crippen molar-refractivity contribution in [2.45, 2.75) is 52.5 Å². The van der Waals surface area contributed by atoms with Gasteiger partial charge >= 0.3 is 0 Å². The number of methoxy groups -OCH3 is 1. The zero-order valence-corrected chi connectivity index (χ0v) is 13.8. The SMILES string of the molecule is CC.CCCC1Cc2[nH]c3ccc(OC)cc3c2CCN1. The van der Waals surface area contributed by atoms with Gasteiger partial charge in [-0.25, -0.2) is 0 Å². The van der Waals surface area contributed by atoms with Crippen molar-refractivity contribution in [2.75, 3.05) is 13.7 Å². The lowest BCUT2D eigenvalue weighted by Gasteiger charge is -2.14. The monoisotopic (exact) mass is 288 g/mol. The van der Waals surface area contributed by atoms with E-state index in [4.69, 9.17) is 4.74 Å². The normalized spacial score (nSPS) is 17.6. The highest BCUT2D eigenvalue weighted by atomic mass is 16.5. The molecule has 0 spiro atoms. The summed E-state index contributed by atoms with van der Waals surface area (Å²) in [5, 5.41) is 4.98. The molecule has 1 unspecified atom stereocenters. The summed E-state index contributed by atoms with van der Waals surface area (Å²) >= 11 is 0. The number of nitrogens with one attached hydrogen (secondary N) is 2. The van der Waals surface area contributed by atoms with Crippen LogP contribution in [0.1, 0.15) is 44.9 Å². The number of hydrogen-bond donors (Lipinski definition) is 2. The first-order valence-electron chi connectivity index (χ1n) is 8.22. The molecule has 0 bridgehead atoms. The fourth-order valence-electron chi connectivity index (χ4n) is 3.14. The van der Waals surface area contributed by atoms with Gasteiger partial charge in [0.25, 0.3) is 0 Å². The van der Waals surface area contributed by atoms with E-state index in [1.807, 2.05) is 19.9 Å². The van der Waals surface area contributed by atoms with Crippen LogP contribution in [0.4, 0.5) is 0 Å². The molecule has 0 saturated carbocycles. The lowest BCUT2D eigenvalue weighted by Crippen LogP contribution is -2.30. The third-order valence-corrected chi connectivity index (χ3v) is 4.10. The van der Waals surface area contributed by atoms with Crippen LogP contribution in [0.3, 0.4) is 0 Å². The third-order valence-electron chi connectivity index (χ3n) is 4.10. The smallest absolute Gasteiger partial charge is 0.119 e. The predicted octanol–water partition coefficient (Wildman–Crippen LogP) is 4.06. The van der Waals surface area contributed by atoms with Crippen molar-refractivity contribution in [1.29, 1.82) is 0 Å². The fraction of sp³-hybridized carbons (Fsp3) is 0.556. The van der Waals surface area contributed by atoms with E-state index in [2.05, 4.69) is 29.4 Å². The second kappa shape index (κ2) is 7.51. The van der Waals surface area contributed by atoms with Crippen LogP contribution >= 0.6 is 0 Å². The lowest BCUT2D eigenvalue weighted by atomic mass is 10.0. The molecule has 1 aromatic heterocycles. The summed E-state index contributed by atoms with van der Waals surface area (Å²) in [7, 11) is 1.73. The molecule has 0 amide bonds. The van der Waals surface area contributed by atoms with E-state index in [0.717, 1.165) is 25.1 Å². The summed E-state index contributed by atoms with van der Waals surface area (Å²) in [6, 6.07) is 6.93. The van der Waals surface area contributed by atoms with Gasteiger partial charge in [0.1, 0.15) is 5.75 Å². The maximum absolute atomic E-state index is 5.34. The molecule has 2 N–H and O–H groups in total. The van der Waals surface area contributed by atoms with Crippen LogP contribution in [0.15, 0.2) is 18.2 Å². The molecule has 116 valence electrons. The first-order valence-corrected chi connectivity index (χ1v) is 8.22. The molecule has 0 saturated heterocycles. The Labute approximate surface area is 128 Å². The number of hydrogen-bond acceptors (Lipinski definition) is 2. The van der Waals surface area contributed by atoms with E-state index in [9.17, 15) is 0 Å². The second-order valence-corrected chi connectivity index (χ2v) is 5.39. The highest BCUT2D eigenvalue weighted by Crippen LogP contribution is 2.29. The molecule has 21 heavy (non-hydrogen) atoms. The van der Waals surface area contributed by atoms with E-state index in [1.54, 1.807) is 7.11 Å². The molecule has 2 heterocycles. The van der Waals surface area contributed by atoms with E-state index in [0.29, 0.717) is 6.04 Å². The lowest BCUT2D eigenvalue weighted by molar-refractivity contribution is 0.415. The Balaban J connectivity index is 0.000000774. The fourth-order valence-corrected chi connectivity index (χ4v) is 3.14. The number of benzene rings is 1. The topological polar surface area (TPSA) is 37.0 Å². The summed E-state index contributed by atoms with van der Waals surface area (Å²) in [5.74, 6) is 0.941. The van der Waals surface area contributed by atoms with Crippen molar-refractivity contribution >= 4 is 10.9 Å². The predicted molar refractivity (Wildman–Crippen MR) is 90.3 cm³/mol. The minimum atomic E-state index is 0.612. The Bertz CT molecular complexity index is 574. The number of H-pyrrole nitrogens is 1. The summed E-state index contributed by atoms with van der Waals surface area (Å²) in [5.41, 5.74) is 4.12. The van der Waals surface area contributed by atoms with Crippen LogP contribution in [-0.4, -0.2) is 24.7 Å². The highest BCUT2D eigenvalue weighted by molar-refractivity contribution is 5.86. The number of rotatable bonds is 3. The molecule has 2 aromatic rings. The van der Waals surface area contributed by atoms with Crippen molar-refractivity contribution in [2.24, 2.45) is 0 Å². The maximum atomic E-state index is 5.34. The van der Waals surface area contributed by atoms with Gasteiger partial charge in [-0.05, 0) is 43.1 Å². The largest absolute Gasteiger partial charge is 0.497 e. The van der Waals surface area contributed by atoms with Gasteiger partial charge < -0.3 is 15.0 Å².